The average molecular weight is 295 g/mol. The quantitative estimate of drug-likeness (QED) is 0.928. The summed E-state index contributed by atoms with van der Waals surface area (Å²) in [5, 5.41) is 0. The molecule has 4 nitrogen and oxygen atoms in total. The molecule has 20 heavy (non-hydrogen) atoms. The lowest BCUT2D eigenvalue weighted by Gasteiger charge is -2.17. The van der Waals surface area contributed by atoms with Crippen LogP contribution in [-0.2, 0) is 14.8 Å². The first-order valence-electron chi connectivity index (χ1n) is 7.07. The number of hydrogen-bond acceptors (Lipinski definition) is 3. The van der Waals surface area contributed by atoms with Crippen LogP contribution in [0.1, 0.15) is 38.2 Å². The Morgan fingerprint density at radius 2 is 2.10 bits per heavy atom. The van der Waals surface area contributed by atoms with Crippen molar-refractivity contribution in [2.24, 2.45) is 11.8 Å². The molecule has 5 heteroatoms. The lowest BCUT2D eigenvalue weighted by molar-refractivity contribution is -0.124. The third-order valence-electron chi connectivity index (χ3n) is 4.06. The smallest absolute Gasteiger partial charge is 0.264 e. The minimum absolute atomic E-state index is 0.150. The predicted octanol–water partition coefficient (Wildman–Crippen LogP) is 2.63. The number of rotatable bonds is 4. The molecule has 2 atom stereocenters. The number of hydrogen-bond donors (Lipinski definition) is 1. The summed E-state index contributed by atoms with van der Waals surface area (Å²) in [5.41, 5.74) is 0.854. The highest BCUT2D eigenvalue weighted by Crippen LogP contribution is 2.34. The Bertz CT molecular complexity index is 595. The van der Waals surface area contributed by atoms with E-state index in [2.05, 4.69) is 4.72 Å². The van der Waals surface area contributed by atoms with Crippen LogP contribution >= 0.6 is 0 Å². The molecule has 1 aliphatic carbocycles. The van der Waals surface area contributed by atoms with E-state index in [1.54, 1.807) is 12.1 Å². The second-order valence-electron chi connectivity index (χ2n) is 5.49. The van der Waals surface area contributed by atoms with E-state index >= 15 is 0 Å². The van der Waals surface area contributed by atoms with Crippen molar-refractivity contribution in [3.8, 4) is 0 Å². The van der Waals surface area contributed by atoms with Crippen LogP contribution in [0, 0.1) is 18.8 Å². The number of amides is 1. The molecule has 0 bridgehead atoms. The molecule has 2 unspecified atom stereocenters. The number of benzene rings is 1. The van der Waals surface area contributed by atoms with Gasteiger partial charge < -0.3 is 0 Å². The summed E-state index contributed by atoms with van der Waals surface area (Å²) < 4.78 is 26.7. The Labute approximate surface area is 120 Å². The van der Waals surface area contributed by atoms with E-state index in [1.807, 2.05) is 19.9 Å². The molecule has 1 aliphatic rings. The Hall–Kier alpha value is -1.36. The van der Waals surface area contributed by atoms with Gasteiger partial charge in [-0.25, -0.2) is 13.1 Å². The zero-order chi connectivity index (χ0) is 14.8. The van der Waals surface area contributed by atoms with E-state index in [9.17, 15) is 13.2 Å². The van der Waals surface area contributed by atoms with Gasteiger partial charge in [0.1, 0.15) is 0 Å². The van der Waals surface area contributed by atoms with Gasteiger partial charge in [0.2, 0.25) is 5.91 Å². The molecule has 0 radical (unpaired) electrons. The Balaban J connectivity index is 2.14. The van der Waals surface area contributed by atoms with Crippen molar-refractivity contribution in [3.05, 3.63) is 29.8 Å². The summed E-state index contributed by atoms with van der Waals surface area (Å²) in [4.78, 5) is 12.3. The van der Waals surface area contributed by atoms with Gasteiger partial charge in [-0.05, 0) is 43.4 Å². The second kappa shape index (κ2) is 5.95. The minimum Gasteiger partial charge on any atom is -0.274 e. The summed E-state index contributed by atoms with van der Waals surface area (Å²) in [6, 6.07) is 6.58. The maximum Gasteiger partial charge on any atom is 0.264 e. The first-order chi connectivity index (χ1) is 9.44. The summed E-state index contributed by atoms with van der Waals surface area (Å²) in [6.07, 6.45) is 3.72. The lowest BCUT2D eigenvalue weighted by Crippen LogP contribution is -2.37. The third-order valence-corrected chi connectivity index (χ3v) is 5.40. The average Bonchev–Trinajstić information content (AvgIpc) is 2.86. The zero-order valence-electron chi connectivity index (χ0n) is 11.9. The van der Waals surface area contributed by atoms with E-state index in [4.69, 9.17) is 0 Å². The summed E-state index contributed by atoms with van der Waals surface area (Å²) in [7, 11) is -3.75. The van der Waals surface area contributed by atoms with Crippen molar-refractivity contribution in [1.82, 2.24) is 4.72 Å². The van der Waals surface area contributed by atoms with Crippen LogP contribution in [0.15, 0.2) is 29.2 Å². The molecule has 0 aromatic heterocycles. The van der Waals surface area contributed by atoms with Crippen molar-refractivity contribution in [2.45, 2.75) is 44.4 Å². The number of carbonyl (C=O) groups excluding carboxylic acids is 1. The zero-order valence-corrected chi connectivity index (χ0v) is 12.7. The molecule has 1 amide bonds. The van der Waals surface area contributed by atoms with Crippen LogP contribution in [0.25, 0.3) is 0 Å². The van der Waals surface area contributed by atoms with Crippen LogP contribution < -0.4 is 4.72 Å². The largest absolute Gasteiger partial charge is 0.274 e. The second-order valence-corrected chi connectivity index (χ2v) is 7.17. The van der Waals surface area contributed by atoms with Crippen LogP contribution in [0.5, 0.6) is 0 Å². The highest BCUT2D eigenvalue weighted by molar-refractivity contribution is 7.90. The molecule has 0 aliphatic heterocycles. The summed E-state index contributed by atoms with van der Waals surface area (Å²) in [5.74, 6) is -0.210. The molecule has 1 fully saturated rings. The first-order valence-corrected chi connectivity index (χ1v) is 8.55. The number of aryl methyl sites for hydroxylation is 1. The fraction of sp³-hybridized carbons (Fsp3) is 0.533. The van der Waals surface area contributed by atoms with Crippen molar-refractivity contribution >= 4 is 15.9 Å². The monoisotopic (exact) mass is 295 g/mol. The number of nitrogens with one attached hydrogen (secondary N) is 1. The number of sulfonamides is 1. The Morgan fingerprint density at radius 3 is 2.75 bits per heavy atom. The molecular formula is C15H21NO3S. The Morgan fingerprint density at radius 1 is 1.35 bits per heavy atom. The van der Waals surface area contributed by atoms with Crippen LogP contribution in [0.2, 0.25) is 0 Å². The van der Waals surface area contributed by atoms with Gasteiger partial charge in [0, 0.05) is 5.92 Å². The Kier molecular flexibility index (Phi) is 4.48. The predicted molar refractivity (Wildman–Crippen MR) is 77.6 cm³/mol. The van der Waals surface area contributed by atoms with Crippen molar-refractivity contribution in [1.29, 1.82) is 0 Å². The van der Waals surface area contributed by atoms with E-state index in [-0.39, 0.29) is 16.7 Å². The van der Waals surface area contributed by atoms with Gasteiger partial charge in [0.05, 0.1) is 4.90 Å². The highest BCUT2D eigenvalue weighted by atomic mass is 32.2. The van der Waals surface area contributed by atoms with Gasteiger partial charge in [-0.15, -0.1) is 0 Å². The molecular weight excluding hydrogens is 274 g/mol. The molecule has 0 saturated heterocycles. The summed E-state index contributed by atoms with van der Waals surface area (Å²) in [6.45, 7) is 3.87. The lowest BCUT2D eigenvalue weighted by atomic mass is 9.93. The normalized spacial score (nSPS) is 22.7. The molecule has 1 aromatic rings. The van der Waals surface area contributed by atoms with Crippen LogP contribution in [0.3, 0.4) is 0 Å². The fourth-order valence-electron chi connectivity index (χ4n) is 2.92. The van der Waals surface area contributed by atoms with E-state index in [0.29, 0.717) is 5.92 Å². The molecule has 110 valence electrons. The minimum atomic E-state index is -3.75. The molecule has 0 spiro atoms. The summed E-state index contributed by atoms with van der Waals surface area (Å²) >= 11 is 0. The van der Waals surface area contributed by atoms with Crippen LogP contribution in [-0.4, -0.2) is 14.3 Å². The van der Waals surface area contributed by atoms with Gasteiger partial charge in [-0.3, -0.25) is 4.79 Å². The standard InChI is InChI=1S/C15H21NO3S/c1-3-12-7-5-9-14(12)15(17)16-20(18,19)13-8-4-6-11(2)10-13/h4,6,8,10,12,14H,3,5,7,9H2,1-2H3,(H,16,17). The van der Waals surface area contributed by atoms with Crippen molar-refractivity contribution in [2.75, 3.05) is 0 Å². The van der Waals surface area contributed by atoms with Crippen LogP contribution in [0.4, 0.5) is 0 Å². The molecule has 1 N–H and O–H groups in total. The molecule has 2 rings (SSSR count). The van der Waals surface area contributed by atoms with Crippen molar-refractivity contribution in [3.63, 3.8) is 0 Å². The topological polar surface area (TPSA) is 63.2 Å². The van der Waals surface area contributed by atoms with Gasteiger partial charge in [0.25, 0.3) is 10.0 Å². The maximum atomic E-state index is 12.2. The van der Waals surface area contributed by atoms with Gasteiger partial charge in [-0.2, -0.15) is 0 Å². The van der Waals surface area contributed by atoms with E-state index in [0.717, 1.165) is 31.2 Å². The third kappa shape index (κ3) is 3.20. The number of carbonyl (C=O) groups is 1. The molecule has 0 heterocycles. The van der Waals surface area contributed by atoms with Crippen molar-refractivity contribution < 1.29 is 13.2 Å². The van der Waals surface area contributed by atoms with E-state index in [1.165, 1.54) is 6.07 Å². The maximum absolute atomic E-state index is 12.2. The highest BCUT2D eigenvalue weighted by Gasteiger charge is 2.33. The molecule has 1 saturated carbocycles. The van der Waals surface area contributed by atoms with Gasteiger partial charge in [0.15, 0.2) is 0 Å². The van der Waals surface area contributed by atoms with Gasteiger partial charge in [-0.1, -0.05) is 31.9 Å². The molecule has 1 aromatic carbocycles. The fourth-order valence-corrected chi connectivity index (χ4v) is 4.05. The van der Waals surface area contributed by atoms with E-state index < -0.39 is 10.0 Å². The van der Waals surface area contributed by atoms with Gasteiger partial charge >= 0.3 is 0 Å². The first kappa shape index (κ1) is 15.0. The SMILES string of the molecule is CCC1CCCC1C(=O)NS(=O)(=O)c1cccc(C)c1.